The number of carbonyl (C=O) groups is 1. The lowest BCUT2D eigenvalue weighted by Gasteiger charge is -2.16. The Labute approximate surface area is 116 Å². The standard InChI is InChI=1S/C14H19F2NO3/c1-4-11(7-18)17-13(19)10-5-8(2)12(9(3)6-10)20-14(15)16/h5-6,11,14,18H,4,7H2,1-3H3,(H,17,19). The van der Waals surface area contributed by atoms with E-state index in [0.29, 0.717) is 23.1 Å². The highest BCUT2D eigenvalue weighted by molar-refractivity contribution is 5.95. The Hall–Kier alpha value is -1.69. The van der Waals surface area contributed by atoms with Gasteiger partial charge in [0.05, 0.1) is 12.6 Å². The van der Waals surface area contributed by atoms with Gasteiger partial charge in [-0.15, -0.1) is 0 Å². The van der Waals surface area contributed by atoms with Crippen molar-refractivity contribution < 1.29 is 23.4 Å². The maximum absolute atomic E-state index is 12.3. The topological polar surface area (TPSA) is 58.6 Å². The average molecular weight is 287 g/mol. The van der Waals surface area contributed by atoms with E-state index in [2.05, 4.69) is 10.1 Å². The molecule has 4 nitrogen and oxygen atoms in total. The van der Waals surface area contributed by atoms with Crippen LogP contribution in [0.2, 0.25) is 0 Å². The van der Waals surface area contributed by atoms with Gasteiger partial charge in [-0.25, -0.2) is 0 Å². The van der Waals surface area contributed by atoms with Crippen molar-refractivity contribution in [3.05, 3.63) is 28.8 Å². The molecule has 1 rings (SSSR count). The van der Waals surface area contributed by atoms with Gasteiger partial charge in [-0.1, -0.05) is 6.92 Å². The Morgan fingerprint density at radius 1 is 1.35 bits per heavy atom. The van der Waals surface area contributed by atoms with Crippen LogP contribution in [-0.4, -0.2) is 30.3 Å². The molecule has 0 aliphatic carbocycles. The molecular weight excluding hydrogens is 268 g/mol. The molecule has 1 unspecified atom stereocenters. The van der Waals surface area contributed by atoms with Crippen molar-refractivity contribution in [1.82, 2.24) is 5.32 Å². The second kappa shape index (κ2) is 7.19. The first kappa shape index (κ1) is 16.4. The molecule has 0 spiro atoms. The quantitative estimate of drug-likeness (QED) is 0.844. The molecule has 0 bridgehead atoms. The monoisotopic (exact) mass is 287 g/mol. The van der Waals surface area contributed by atoms with E-state index >= 15 is 0 Å². The van der Waals surface area contributed by atoms with Crippen molar-refractivity contribution in [2.24, 2.45) is 0 Å². The van der Waals surface area contributed by atoms with Crippen LogP contribution in [-0.2, 0) is 0 Å². The van der Waals surface area contributed by atoms with Crippen molar-refractivity contribution in [3.63, 3.8) is 0 Å². The maximum atomic E-state index is 12.3. The molecule has 1 amide bonds. The van der Waals surface area contributed by atoms with Gasteiger partial charge in [0, 0.05) is 5.56 Å². The molecule has 112 valence electrons. The number of halogens is 2. The molecule has 0 aliphatic rings. The highest BCUT2D eigenvalue weighted by atomic mass is 19.3. The minimum Gasteiger partial charge on any atom is -0.434 e. The Morgan fingerprint density at radius 3 is 2.30 bits per heavy atom. The van der Waals surface area contributed by atoms with E-state index in [1.54, 1.807) is 13.8 Å². The van der Waals surface area contributed by atoms with Crippen molar-refractivity contribution in [1.29, 1.82) is 0 Å². The number of alkyl halides is 2. The average Bonchev–Trinajstić information content (AvgIpc) is 2.39. The van der Waals surface area contributed by atoms with E-state index in [0.717, 1.165) is 0 Å². The zero-order chi connectivity index (χ0) is 15.3. The fourth-order valence-electron chi connectivity index (χ4n) is 1.90. The van der Waals surface area contributed by atoms with Crippen LogP contribution in [0.3, 0.4) is 0 Å². The summed E-state index contributed by atoms with van der Waals surface area (Å²) in [5.74, 6) is -0.258. The van der Waals surface area contributed by atoms with Gasteiger partial charge < -0.3 is 15.2 Å². The zero-order valence-corrected chi connectivity index (χ0v) is 11.7. The summed E-state index contributed by atoms with van der Waals surface area (Å²) in [6.45, 7) is 2.01. The first-order valence-electron chi connectivity index (χ1n) is 6.36. The lowest BCUT2D eigenvalue weighted by molar-refractivity contribution is -0.0507. The molecule has 2 N–H and O–H groups in total. The van der Waals surface area contributed by atoms with Gasteiger partial charge in [0.25, 0.3) is 5.91 Å². The van der Waals surface area contributed by atoms with Crippen molar-refractivity contribution >= 4 is 5.91 Å². The number of nitrogens with one attached hydrogen (secondary N) is 1. The number of aliphatic hydroxyl groups is 1. The largest absolute Gasteiger partial charge is 0.434 e. The summed E-state index contributed by atoms with van der Waals surface area (Å²) in [7, 11) is 0. The number of benzene rings is 1. The molecule has 0 fully saturated rings. The van der Waals surface area contributed by atoms with Crippen LogP contribution in [0.25, 0.3) is 0 Å². The summed E-state index contributed by atoms with van der Waals surface area (Å²) >= 11 is 0. The van der Waals surface area contributed by atoms with E-state index in [1.165, 1.54) is 12.1 Å². The third-order valence-electron chi connectivity index (χ3n) is 2.98. The Morgan fingerprint density at radius 2 is 1.90 bits per heavy atom. The molecule has 0 saturated heterocycles. The summed E-state index contributed by atoms with van der Waals surface area (Å²) in [6, 6.07) is 2.66. The first-order chi connectivity index (χ1) is 9.38. The molecule has 0 saturated carbocycles. The Balaban J connectivity index is 2.95. The third kappa shape index (κ3) is 4.16. The summed E-state index contributed by atoms with van der Waals surface area (Å²) < 4.78 is 29.0. The normalized spacial score (nSPS) is 12.3. The number of aliphatic hydroxyl groups excluding tert-OH is 1. The molecule has 1 aromatic carbocycles. The van der Waals surface area contributed by atoms with Gasteiger partial charge >= 0.3 is 6.61 Å². The number of rotatable bonds is 6. The Bertz CT molecular complexity index is 450. The lowest BCUT2D eigenvalue weighted by atomic mass is 10.0. The van der Waals surface area contributed by atoms with Crippen LogP contribution in [0.15, 0.2) is 12.1 Å². The van der Waals surface area contributed by atoms with Gasteiger partial charge in [-0.2, -0.15) is 8.78 Å². The summed E-state index contributed by atoms with van der Waals surface area (Å²) in [4.78, 5) is 12.0. The highest BCUT2D eigenvalue weighted by Gasteiger charge is 2.16. The summed E-state index contributed by atoms with van der Waals surface area (Å²) in [6.07, 6.45) is 0.604. The molecule has 1 aromatic rings. The van der Waals surface area contributed by atoms with Crippen molar-refractivity contribution in [2.45, 2.75) is 39.8 Å². The van der Waals surface area contributed by atoms with E-state index in [-0.39, 0.29) is 24.3 Å². The molecule has 0 heterocycles. The minimum absolute atomic E-state index is 0.0887. The summed E-state index contributed by atoms with van der Waals surface area (Å²) in [5.41, 5.74) is 1.29. The van der Waals surface area contributed by atoms with E-state index in [4.69, 9.17) is 5.11 Å². The fourth-order valence-corrected chi connectivity index (χ4v) is 1.90. The number of amides is 1. The molecular formula is C14H19F2NO3. The predicted molar refractivity (Wildman–Crippen MR) is 71.2 cm³/mol. The van der Waals surface area contributed by atoms with Gasteiger partial charge in [-0.3, -0.25) is 4.79 Å². The SMILES string of the molecule is CCC(CO)NC(=O)c1cc(C)c(OC(F)F)c(C)c1. The van der Waals surface area contributed by atoms with Gasteiger partial charge in [0.2, 0.25) is 0 Å². The van der Waals surface area contributed by atoms with E-state index in [9.17, 15) is 13.6 Å². The van der Waals surface area contributed by atoms with Crippen molar-refractivity contribution in [2.75, 3.05) is 6.61 Å². The molecule has 0 radical (unpaired) electrons. The summed E-state index contributed by atoms with van der Waals surface area (Å²) in [5, 5.41) is 11.7. The molecule has 1 atom stereocenters. The third-order valence-corrected chi connectivity index (χ3v) is 2.98. The smallest absolute Gasteiger partial charge is 0.387 e. The first-order valence-corrected chi connectivity index (χ1v) is 6.36. The van der Waals surface area contributed by atoms with Gasteiger partial charge in [-0.05, 0) is 43.5 Å². The predicted octanol–water partition coefficient (Wildman–Crippen LogP) is 2.41. The highest BCUT2D eigenvalue weighted by Crippen LogP contribution is 2.26. The molecule has 6 heteroatoms. The number of carbonyl (C=O) groups excluding carboxylic acids is 1. The van der Waals surface area contributed by atoms with E-state index < -0.39 is 6.61 Å². The second-order valence-corrected chi connectivity index (χ2v) is 4.58. The maximum Gasteiger partial charge on any atom is 0.387 e. The van der Waals surface area contributed by atoms with Gasteiger partial charge in [0.1, 0.15) is 5.75 Å². The lowest BCUT2D eigenvalue weighted by Crippen LogP contribution is -2.37. The van der Waals surface area contributed by atoms with Crippen LogP contribution < -0.4 is 10.1 Å². The molecule has 0 aromatic heterocycles. The van der Waals surface area contributed by atoms with Gasteiger partial charge in [0.15, 0.2) is 0 Å². The number of hydrogen-bond donors (Lipinski definition) is 2. The van der Waals surface area contributed by atoms with Crippen LogP contribution in [0.1, 0.15) is 34.8 Å². The molecule has 20 heavy (non-hydrogen) atoms. The van der Waals surface area contributed by atoms with Crippen LogP contribution in [0, 0.1) is 13.8 Å². The van der Waals surface area contributed by atoms with E-state index in [1.807, 2.05) is 6.92 Å². The number of hydrogen-bond acceptors (Lipinski definition) is 3. The van der Waals surface area contributed by atoms with Crippen LogP contribution in [0.4, 0.5) is 8.78 Å². The molecule has 0 aliphatic heterocycles. The Kier molecular flexibility index (Phi) is 5.88. The number of ether oxygens (including phenoxy) is 1. The minimum atomic E-state index is -2.90. The number of aryl methyl sites for hydroxylation is 2. The second-order valence-electron chi connectivity index (χ2n) is 4.58. The van der Waals surface area contributed by atoms with Crippen LogP contribution in [0.5, 0.6) is 5.75 Å². The fraction of sp³-hybridized carbons (Fsp3) is 0.500. The van der Waals surface area contributed by atoms with Crippen LogP contribution >= 0.6 is 0 Å². The zero-order valence-electron chi connectivity index (χ0n) is 11.7. The van der Waals surface area contributed by atoms with Crippen molar-refractivity contribution in [3.8, 4) is 5.75 Å².